The topological polar surface area (TPSA) is 69.1 Å². The highest BCUT2D eigenvalue weighted by Crippen LogP contribution is 2.12. The fourth-order valence-corrected chi connectivity index (χ4v) is 2.40. The van der Waals surface area contributed by atoms with Crippen molar-refractivity contribution in [2.24, 2.45) is 0 Å². The molecule has 0 aliphatic carbocycles. The van der Waals surface area contributed by atoms with E-state index in [1.807, 2.05) is 41.7 Å². The normalized spacial score (nSPS) is 11.1. The molecule has 5 heteroatoms. The Morgan fingerprint density at radius 3 is 2.55 bits per heavy atom. The molecule has 0 saturated carbocycles. The van der Waals surface area contributed by atoms with E-state index in [0.717, 1.165) is 35.7 Å². The minimum Gasteiger partial charge on any atom is -0.399 e. The number of hydrogen-bond acceptors (Lipinski definition) is 4. The van der Waals surface area contributed by atoms with E-state index in [4.69, 9.17) is 5.73 Å². The number of aryl methyl sites for hydroxylation is 4. The lowest BCUT2D eigenvalue weighted by atomic mass is 10.1. The van der Waals surface area contributed by atoms with Crippen LogP contribution in [0.25, 0.3) is 5.78 Å². The first kappa shape index (κ1) is 12.6. The highest BCUT2D eigenvalue weighted by Gasteiger charge is 2.09. The maximum absolute atomic E-state index is 5.69. The van der Waals surface area contributed by atoms with Crippen molar-refractivity contribution in [1.82, 2.24) is 19.6 Å². The Balaban J connectivity index is 1.86. The highest BCUT2D eigenvalue weighted by molar-refractivity contribution is 5.39. The molecule has 0 radical (unpaired) electrons. The second-order valence-corrected chi connectivity index (χ2v) is 5.03. The minimum atomic E-state index is 0.676. The van der Waals surface area contributed by atoms with Gasteiger partial charge in [0.15, 0.2) is 0 Å². The van der Waals surface area contributed by atoms with Crippen LogP contribution in [0.3, 0.4) is 0 Å². The second kappa shape index (κ2) is 4.92. The summed E-state index contributed by atoms with van der Waals surface area (Å²) in [5.41, 5.74) is 9.81. The van der Waals surface area contributed by atoms with E-state index < -0.39 is 0 Å². The summed E-state index contributed by atoms with van der Waals surface area (Å²) in [6.07, 6.45) is 1.74. The third-order valence-corrected chi connectivity index (χ3v) is 3.38. The summed E-state index contributed by atoms with van der Waals surface area (Å²) in [5.74, 6) is 1.62. The van der Waals surface area contributed by atoms with Gasteiger partial charge in [-0.15, -0.1) is 10.2 Å². The van der Waals surface area contributed by atoms with Crippen LogP contribution in [0.15, 0.2) is 30.3 Å². The van der Waals surface area contributed by atoms with Gasteiger partial charge in [-0.05, 0) is 44.0 Å². The van der Waals surface area contributed by atoms with Crippen LogP contribution < -0.4 is 5.73 Å². The van der Waals surface area contributed by atoms with Crippen molar-refractivity contribution < 1.29 is 0 Å². The van der Waals surface area contributed by atoms with Gasteiger partial charge in [-0.1, -0.05) is 12.1 Å². The first-order valence-electron chi connectivity index (χ1n) is 6.66. The minimum absolute atomic E-state index is 0.676. The molecule has 0 spiro atoms. The van der Waals surface area contributed by atoms with Crippen LogP contribution in [-0.4, -0.2) is 19.6 Å². The summed E-state index contributed by atoms with van der Waals surface area (Å²) in [4.78, 5) is 4.40. The summed E-state index contributed by atoms with van der Waals surface area (Å²) in [6, 6.07) is 9.99. The summed E-state index contributed by atoms with van der Waals surface area (Å²) >= 11 is 0. The van der Waals surface area contributed by atoms with Gasteiger partial charge in [0, 0.05) is 23.5 Å². The van der Waals surface area contributed by atoms with Gasteiger partial charge in [-0.25, -0.2) is 4.98 Å². The van der Waals surface area contributed by atoms with Crippen LogP contribution in [0, 0.1) is 13.8 Å². The molecule has 5 nitrogen and oxygen atoms in total. The first-order valence-corrected chi connectivity index (χ1v) is 6.66. The molecular weight excluding hydrogens is 250 g/mol. The van der Waals surface area contributed by atoms with Crippen LogP contribution in [0.4, 0.5) is 5.69 Å². The number of anilines is 1. The molecule has 3 aromatic rings. The number of nitrogens with two attached hydrogens (primary N) is 1. The molecule has 20 heavy (non-hydrogen) atoms. The molecule has 2 N–H and O–H groups in total. The Bertz CT molecular complexity index is 743. The zero-order valence-corrected chi connectivity index (χ0v) is 11.7. The Morgan fingerprint density at radius 1 is 1.05 bits per heavy atom. The van der Waals surface area contributed by atoms with Gasteiger partial charge in [0.1, 0.15) is 5.82 Å². The summed E-state index contributed by atoms with van der Waals surface area (Å²) in [6.45, 7) is 4.02. The van der Waals surface area contributed by atoms with E-state index in [9.17, 15) is 0 Å². The molecule has 0 fully saturated rings. The third kappa shape index (κ3) is 2.34. The molecule has 2 aromatic heterocycles. The predicted molar refractivity (Wildman–Crippen MR) is 78.5 cm³/mol. The molecule has 0 aliphatic rings. The summed E-state index contributed by atoms with van der Waals surface area (Å²) in [7, 11) is 0. The van der Waals surface area contributed by atoms with Crippen molar-refractivity contribution in [1.29, 1.82) is 0 Å². The van der Waals surface area contributed by atoms with Gasteiger partial charge in [0.05, 0.1) is 0 Å². The fraction of sp³-hybridized carbons (Fsp3) is 0.267. The smallest absolute Gasteiger partial charge is 0.255 e. The SMILES string of the molecule is Cc1cc(C)n2c(CCc3ccc(N)cc3)nnc2n1. The van der Waals surface area contributed by atoms with Crippen LogP contribution in [0.1, 0.15) is 22.8 Å². The maximum Gasteiger partial charge on any atom is 0.255 e. The Hall–Kier alpha value is -2.43. The Kier molecular flexibility index (Phi) is 3.10. The Labute approximate surface area is 117 Å². The molecular formula is C15H17N5. The van der Waals surface area contributed by atoms with Gasteiger partial charge in [0.25, 0.3) is 5.78 Å². The quantitative estimate of drug-likeness (QED) is 0.738. The lowest BCUT2D eigenvalue weighted by molar-refractivity contribution is 0.825. The molecule has 0 aliphatic heterocycles. The largest absolute Gasteiger partial charge is 0.399 e. The number of rotatable bonds is 3. The first-order chi connectivity index (χ1) is 9.63. The molecule has 0 saturated heterocycles. The standard InChI is InChI=1S/C15H17N5/c1-10-9-11(2)20-14(18-19-15(20)17-10)8-5-12-3-6-13(16)7-4-12/h3-4,6-7,9H,5,8,16H2,1-2H3. The molecule has 0 amide bonds. The lowest BCUT2D eigenvalue weighted by Gasteiger charge is -2.05. The van der Waals surface area contributed by atoms with Gasteiger partial charge < -0.3 is 5.73 Å². The van der Waals surface area contributed by atoms with Crippen molar-refractivity contribution in [3.63, 3.8) is 0 Å². The molecule has 1 aromatic carbocycles. The van der Waals surface area contributed by atoms with Crippen molar-refractivity contribution in [3.8, 4) is 0 Å². The van der Waals surface area contributed by atoms with Gasteiger partial charge in [-0.3, -0.25) is 4.40 Å². The van der Waals surface area contributed by atoms with Crippen molar-refractivity contribution in [2.75, 3.05) is 5.73 Å². The van der Waals surface area contributed by atoms with E-state index in [-0.39, 0.29) is 0 Å². The van der Waals surface area contributed by atoms with E-state index in [1.165, 1.54) is 5.56 Å². The number of nitrogens with zero attached hydrogens (tertiary/aromatic N) is 4. The van der Waals surface area contributed by atoms with E-state index in [2.05, 4.69) is 22.1 Å². The zero-order chi connectivity index (χ0) is 14.1. The van der Waals surface area contributed by atoms with Gasteiger partial charge in [-0.2, -0.15) is 0 Å². The number of aromatic nitrogens is 4. The molecule has 3 rings (SSSR count). The molecule has 2 heterocycles. The van der Waals surface area contributed by atoms with Crippen LogP contribution in [0.2, 0.25) is 0 Å². The average Bonchev–Trinajstić information content (AvgIpc) is 2.81. The van der Waals surface area contributed by atoms with Crippen molar-refractivity contribution >= 4 is 11.5 Å². The zero-order valence-electron chi connectivity index (χ0n) is 11.7. The Morgan fingerprint density at radius 2 is 1.80 bits per heavy atom. The monoisotopic (exact) mass is 267 g/mol. The summed E-state index contributed by atoms with van der Waals surface area (Å²) < 4.78 is 2.02. The van der Waals surface area contributed by atoms with Gasteiger partial charge in [0.2, 0.25) is 0 Å². The number of fused-ring (bicyclic) bond motifs is 1. The van der Waals surface area contributed by atoms with Crippen LogP contribution >= 0.6 is 0 Å². The van der Waals surface area contributed by atoms with Crippen LogP contribution in [-0.2, 0) is 12.8 Å². The van der Waals surface area contributed by atoms with Crippen molar-refractivity contribution in [3.05, 3.63) is 53.1 Å². The average molecular weight is 267 g/mol. The van der Waals surface area contributed by atoms with Gasteiger partial charge >= 0.3 is 0 Å². The fourth-order valence-electron chi connectivity index (χ4n) is 2.40. The van der Waals surface area contributed by atoms with E-state index in [1.54, 1.807) is 0 Å². The predicted octanol–water partition coefficient (Wildman–Crippen LogP) is 2.11. The van der Waals surface area contributed by atoms with Crippen LogP contribution in [0.5, 0.6) is 0 Å². The second-order valence-electron chi connectivity index (χ2n) is 5.03. The summed E-state index contributed by atoms with van der Waals surface area (Å²) in [5, 5.41) is 8.40. The number of hydrogen-bond donors (Lipinski definition) is 1. The van der Waals surface area contributed by atoms with E-state index in [0.29, 0.717) is 5.78 Å². The molecule has 0 atom stereocenters. The molecule has 102 valence electrons. The lowest BCUT2D eigenvalue weighted by Crippen LogP contribution is -2.02. The maximum atomic E-state index is 5.69. The number of nitrogen functional groups attached to an aromatic ring is 1. The third-order valence-electron chi connectivity index (χ3n) is 3.38. The van der Waals surface area contributed by atoms with Crippen molar-refractivity contribution in [2.45, 2.75) is 26.7 Å². The molecule has 0 unspecified atom stereocenters. The highest BCUT2D eigenvalue weighted by atomic mass is 15.3. The van der Waals surface area contributed by atoms with E-state index >= 15 is 0 Å². The number of benzene rings is 1. The molecule has 0 bridgehead atoms.